The highest BCUT2D eigenvalue weighted by Gasteiger charge is 2.35. The molecule has 0 amide bonds. The van der Waals surface area contributed by atoms with Crippen LogP contribution in [-0.4, -0.2) is 45.2 Å². The highest BCUT2D eigenvalue weighted by atomic mass is 16.4. The van der Waals surface area contributed by atoms with E-state index < -0.39 is 18.2 Å². The van der Waals surface area contributed by atoms with Crippen molar-refractivity contribution < 1.29 is 25.2 Å². The van der Waals surface area contributed by atoms with Crippen LogP contribution >= 0.6 is 0 Å². The van der Waals surface area contributed by atoms with Crippen LogP contribution in [0, 0.1) is 11.8 Å². The van der Waals surface area contributed by atoms with Gasteiger partial charge in [-0.2, -0.15) is 0 Å². The Bertz CT molecular complexity index is 337. The van der Waals surface area contributed by atoms with E-state index in [0.717, 1.165) is 12.5 Å². The van der Waals surface area contributed by atoms with Crippen molar-refractivity contribution >= 4 is 5.97 Å². The minimum atomic E-state index is -1.09. The van der Waals surface area contributed by atoms with Gasteiger partial charge in [-0.15, -0.1) is 0 Å². The van der Waals surface area contributed by atoms with Gasteiger partial charge in [-0.3, -0.25) is 0 Å². The van der Waals surface area contributed by atoms with Gasteiger partial charge in [0.25, 0.3) is 0 Å². The number of aliphatic carboxylic acids is 1. The zero-order valence-corrected chi connectivity index (χ0v) is 10.9. The fourth-order valence-corrected chi connectivity index (χ4v) is 2.49. The zero-order chi connectivity index (χ0) is 14.3. The van der Waals surface area contributed by atoms with Crippen LogP contribution in [0.4, 0.5) is 0 Å². The maximum atomic E-state index is 10.4. The first-order chi connectivity index (χ1) is 9.04. The van der Waals surface area contributed by atoms with Gasteiger partial charge in [0.1, 0.15) is 0 Å². The molecule has 1 rings (SSSR count). The van der Waals surface area contributed by atoms with Crippen LogP contribution in [0.15, 0.2) is 24.3 Å². The van der Waals surface area contributed by atoms with Gasteiger partial charge < -0.3 is 20.4 Å². The molecule has 4 unspecified atom stereocenters. The van der Waals surface area contributed by atoms with Crippen molar-refractivity contribution in [3.05, 3.63) is 24.3 Å². The molecule has 0 saturated heterocycles. The molecular formula is C14H22O5. The van der Waals surface area contributed by atoms with E-state index in [1.807, 2.05) is 12.2 Å². The van der Waals surface area contributed by atoms with Gasteiger partial charge in [-0.25, -0.2) is 4.79 Å². The Balaban J connectivity index is 2.58. The molecule has 1 aliphatic carbocycles. The summed E-state index contributed by atoms with van der Waals surface area (Å²) in [4.78, 5) is 10.4. The minimum Gasteiger partial charge on any atom is -0.478 e. The van der Waals surface area contributed by atoms with E-state index in [2.05, 4.69) is 0 Å². The van der Waals surface area contributed by atoms with Gasteiger partial charge in [0, 0.05) is 12.7 Å². The predicted molar refractivity (Wildman–Crippen MR) is 70.5 cm³/mol. The largest absolute Gasteiger partial charge is 0.478 e. The SMILES string of the molecule is O=C(O)C=CC(O)C1CC(O)CC1C=CCCCO. The number of unbranched alkanes of at least 4 members (excludes halogenated alkanes) is 1. The van der Waals surface area contributed by atoms with Crippen LogP contribution in [-0.2, 0) is 4.79 Å². The van der Waals surface area contributed by atoms with E-state index in [-0.39, 0.29) is 18.4 Å². The third-order valence-electron chi connectivity index (χ3n) is 3.43. The predicted octanol–water partition coefficient (Wildman–Crippen LogP) is 0.704. The van der Waals surface area contributed by atoms with Gasteiger partial charge in [0.15, 0.2) is 0 Å². The highest BCUT2D eigenvalue weighted by molar-refractivity contribution is 5.79. The van der Waals surface area contributed by atoms with Gasteiger partial charge in [0.05, 0.1) is 12.2 Å². The van der Waals surface area contributed by atoms with E-state index in [1.165, 1.54) is 6.08 Å². The molecule has 0 heterocycles. The van der Waals surface area contributed by atoms with Crippen molar-refractivity contribution in [3.63, 3.8) is 0 Å². The Morgan fingerprint density at radius 1 is 1.37 bits per heavy atom. The monoisotopic (exact) mass is 270 g/mol. The number of carboxylic acids is 1. The van der Waals surface area contributed by atoms with Gasteiger partial charge in [-0.05, 0) is 43.6 Å². The summed E-state index contributed by atoms with van der Waals surface area (Å²) < 4.78 is 0. The summed E-state index contributed by atoms with van der Waals surface area (Å²) in [5, 5.41) is 36.8. The Hall–Kier alpha value is -1.17. The first kappa shape index (κ1) is 15.9. The average molecular weight is 270 g/mol. The quantitative estimate of drug-likeness (QED) is 0.310. The van der Waals surface area contributed by atoms with Crippen molar-refractivity contribution in [3.8, 4) is 0 Å². The highest BCUT2D eigenvalue weighted by Crippen LogP contribution is 2.36. The second-order valence-corrected chi connectivity index (χ2v) is 4.93. The number of carboxylic acid groups (broad SMARTS) is 1. The van der Waals surface area contributed by atoms with E-state index >= 15 is 0 Å². The molecule has 0 spiro atoms. The smallest absolute Gasteiger partial charge is 0.328 e. The molecular weight excluding hydrogens is 248 g/mol. The summed E-state index contributed by atoms with van der Waals surface area (Å²) in [6.45, 7) is 0.144. The molecule has 4 atom stereocenters. The molecule has 1 aliphatic rings. The average Bonchev–Trinajstić information content (AvgIpc) is 2.73. The number of aliphatic hydroxyl groups excluding tert-OH is 3. The molecule has 4 N–H and O–H groups in total. The number of rotatable bonds is 7. The standard InChI is InChI=1S/C14H22O5/c15-7-3-1-2-4-10-8-11(16)9-12(10)13(17)5-6-14(18)19/h2,4-6,10-13,15-17H,1,3,7-9H2,(H,18,19). The van der Waals surface area contributed by atoms with Gasteiger partial charge >= 0.3 is 5.97 Å². The van der Waals surface area contributed by atoms with Crippen molar-refractivity contribution in [2.75, 3.05) is 6.61 Å². The Morgan fingerprint density at radius 3 is 2.74 bits per heavy atom. The summed E-state index contributed by atoms with van der Waals surface area (Å²) >= 11 is 0. The Labute approximate surface area is 112 Å². The molecule has 0 aliphatic heterocycles. The van der Waals surface area contributed by atoms with E-state index in [1.54, 1.807) is 0 Å². The second-order valence-electron chi connectivity index (χ2n) is 4.93. The third kappa shape index (κ3) is 5.55. The summed E-state index contributed by atoms with van der Waals surface area (Å²) in [6, 6.07) is 0. The first-order valence-electron chi connectivity index (χ1n) is 6.59. The lowest BCUT2D eigenvalue weighted by Gasteiger charge is -2.19. The van der Waals surface area contributed by atoms with Gasteiger partial charge in [0.2, 0.25) is 0 Å². The van der Waals surface area contributed by atoms with E-state index in [4.69, 9.17) is 10.2 Å². The van der Waals surface area contributed by atoms with Crippen LogP contribution in [0.5, 0.6) is 0 Å². The summed E-state index contributed by atoms with van der Waals surface area (Å²) in [6.07, 6.45) is 7.29. The fourth-order valence-electron chi connectivity index (χ4n) is 2.49. The van der Waals surface area contributed by atoms with Crippen LogP contribution in [0.1, 0.15) is 25.7 Å². The maximum absolute atomic E-state index is 10.4. The van der Waals surface area contributed by atoms with E-state index in [0.29, 0.717) is 19.3 Å². The summed E-state index contributed by atoms with van der Waals surface area (Å²) in [7, 11) is 0. The fraction of sp³-hybridized carbons (Fsp3) is 0.643. The zero-order valence-electron chi connectivity index (χ0n) is 10.9. The number of carbonyl (C=O) groups is 1. The molecule has 108 valence electrons. The molecule has 5 heteroatoms. The molecule has 0 aromatic carbocycles. The molecule has 5 nitrogen and oxygen atoms in total. The second kappa shape index (κ2) is 8.09. The van der Waals surface area contributed by atoms with Crippen molar-refractivity contribution in [2.45, 2.75) is 37.9 Å². The lowest BCUT2D eigenvalue weighted by atomic mass is 9.90. The van der Waals surface area contributed by atoms with Crippen molar-refractivity contribution in [2.24, 2.45) is 11.8 Å². The summed E-state index contributed by atoms with van der Waals surface area (Å²) in [5.74, 6) is -1.20. The number of aliphatic hydroxyl groups is 3. The van der Waals surface area contributed by atoms with Crippen LogP contribution in [0.2, 0.25) is 0 Å². The maximum Gasteiger partial charge on any atom is 0.328 e. The Morgan fingerprint density at radius 2 is 2.11 bits per heavy atom. The lowest BCUT2D eigenvalue weighted by Crippen LogP contribution is -2.21. The third-order valence-corrected chi connectivity index (χ3v) is 3.43. The lowest BCUT2D eigenvalue weighted by molar-refractivity contribution is -0.131. The van der Waals surface area contributed by atoms with Crippen LogP contribution in [0.3, 0.4) is 0 Å². The van der Waals surface area contributed by atoms with Crippen molar-refractivity contribution in [1.82, 2.24) is 0 Å². The minimum absolute atomic E-state index is 0.0436. The molecule has 1 fully saturated rings. The molecule has 0 aromatic rings. The van der Waals surface area contributed by atoms with Gasteiger partial charge in [-0.1, -0.05) is 12.2 Å². The Kier molecular flexibility index (Phi) is 6.77. The molecule has 19 heavy (non-hydrogen) atoms. The van der Waals surface area contributed by atoms with Crippen LogP contribution < -0.4 is 0 Å². The number of hydrogen-bond donors (Lipinski definition) is 4. The topological polar surface area (TPSA) is 98.0 Å². The number of hydrogen-bond acceptors (Lipinski definition) is 4. The summed E-state index contributed by atoms with van der Waals surface area (Å²) in [5.41, 5.74) is 0. The van der Waals surface area contributed by atoms with Crippen LogP contribution in [0.25, 0.3) is 0 Å². The first-order valence-corrected chi connectivity index (χ1v) is 6.59. The molecule has 0 aromatic heterocycles. The van der Waals surface area contributed by atoms with E-state index in [9.17, 15) is 15.0 Å². The molecule has 0 bridgehead atoms. The molecule has 1 saturated carbocycles. The normalized spacial score (nSPS) is 29.3. The molecule has 0 radical (unpaired) electrons. The number of allylic oxidation sites excluding steroid dienone is 2. The van der Waals surface area contributed by atoms with Crippen molar-refractivity contribution in [1.29, 1.82) is 0 Å².